The van der Waals surface area contributed by atoms with E-state index in [2.05, 4.69) is 51.0 Å². The molecule has 2 fully saturated rings. The van der Waals surface area contributed by atoms with E-state index in [0.29, 0.717) is 17.6 Å². The molecule has 1 aromatic carbocycles. The van der Waals surface area contributed by atoms with Crippen LogP contribution in [0.5, 0.6) is 11.5 Å². The molecule has 0 bridgehead atoms. The smallest absolute Gasteiger partial charge is 0.158 e. The second-order valence-corrected chi connectivity index (χ2v) is 8.19. The van der Waals surface area contributed by atoms with Crippen molar-refractivity contribution in [3.8, 4) is 17.6 Å². The monoisotopic (exact) mass is 423 g/mol. The van der Waals surface area contributed by atoms with Crippen molar-refractivity contribution in [1.29, 1.82) is 5.26 Å². The van der Waals surface area contributed by atoms with E-state index in [0.717, 1.165) is 43.0 Å². The van der Waals surface area contributed by atoms with Gasteiger partial charge < -0.3 is 14.8 Å². The number of nitrogens with zero attached hydrogens (tertiary/aromatic N) is 4. The molecule has 3 atom stereocenters. The fourth-order valence-electron chi connectivity index (χ4n) is 4.06. The summed E-state index contributed by atoms with van der Waals surface area (Å²) in [5.74, 6) is 2.25. The molecule has 0 radical (unpaired) electrons. The van der Waals surface area contributed by atoms with Crippen molar-refractivity contribution < 1.29 is 9.47 Å². The maximum absolute atomic E-state index is 8.84. The van der Waals surface area contributed by atoms with Crippen LogP contribution < -0.4 is 25.6 Å². The molecule has 31 heavy (non-hydrogen) atoms. The molecular formula is C22H29N7O2. The topological polar surface area (TPSA) is 107 Å². The van der Waals surface area contributed by atoms with Crippen molar-refractivity contribution in [2.75, 3.05) is 25.5 Å². The summed E-state index contributed by atoms with van der Waals surface area (Å²) in [4.78, 5) is 10.7. The molecule has 4 rings (SSSR count). The molecule has 3 heterocycles. The number of ether oxygens (including phenoxy) is 2. The van der Waals surface area contributed by atoms with E-state index in [1.54, 1.807) is 13.3 Å². The van der Waals surface area contributed by atoms with Gasteiger partial charge in [0, 0.05) is 37.2 Å². The van der Waals surface area contributed by atoms with Crippen molar-refractivity contribution in [1.82, 2.24) is 25.7 Å². The van der Waals surface area contributed by atoms with Gasteiger partial charge in [0.2, 0.25) is 0 Å². The van der Waals surface area contributed by atoms with Gasteiger partial charge in [0.15, 0.2) is 5.69 Å². The number of anilines is 1. The number of nitriles is 1. The van der Waals surface area contributed by atoms with Crippen LogP contribution in [0.25, 0.3) is 0 Å². The lowest BCUT2D eigenvalue weighted by molar-refractivity contribution is 0.186. The lowest BCUT2D eigenvalue weighted by Gasteiger charge is -2.21. The Morgan fingerprint density at radius 3 is 2.81 bits per heavy atom. The molecule has 0 saturated carbocycles. The van der Waals surface area contributed by atoms with E-state index >= 15 is 0 Å². The molecule has 9 nitrogen and oxygen atoms in total. The van der Waals surface area contributed by atoms with Gasteiger partial charge in [-0.15, -0.1) is 0 Å². The van der Waals surface area contributed by atoms with Gasteiger partial charge in [0.1, 0.15) is 29.5 Å². The van der Waals surface area contributed by atoms with Crippen molar-refractivity contribution in [3.05, 3.63) is 41.9 Å². The summed E-state index contributed by atoms with van der Waals surface area (Å²) in [6.45, 7) is 6.48. The van der Waals surface area contributed by atoms with Crippen LogP contribution in [-0.2, 0) is 0 Å². The Morgan fingerprint density at radius 2 is 2.13 bits per heavy atom. The van der Waals surface area contributed by atoms with Crippen LogP contribution in [0.3, 0.4) is 0 Å². The Bertz CT molecular complexity index is 928. The molecule has 9 heteroatoms. The van der Waals surface area contributed by atoms with Crippen LogP contribution in [0.15, 0.2) is 30.6 Å². The Labute approximate surface area is 182 Å². The van der Waals surface area contributed by atoms with Gasteiger partial charge in [-0.1, -0.05) is 6.07 Å². The van der Waals surface area contributed by atoms with Gasteiger partial charge in [0.25, 0.3) is 0 Å². The predicted molar refractivity (Wildman–Crippen MR) is 117 cm³/mol. The van der Waals surface area contributed by atoms with E-state index in [4.69, 9.17) is 14.7 Å². The van der Waals surface area contributed by atoms with E-state index < -0.39 is 0 Å². The van der Waals surface area contributed by atoms with Crippen LogP contribution in [-0.4, -0.2) is 53.4 Å². The summed E-state index contributed by atoms with van der Waals surface area (Å²) in [5, 5.41) is 12.1. The maximum atomic E-state index is 8.84. The van der Waals surface area contributed by atoms with E-state index in [-0.39, 0.29) is 18.3 Å². The van der Waals surface area contributed by atoms with Gasteiger partial charge in [-0.25, -0.2) is 20.8 Å². The van der Waals surface area contributed by atoms with Gasteiger partial charge in [0.05, 0.1) is 31.7 Å². The number of hydrogen-bond acceptors (Lipinski definition) is 9. The Hall–Kier alpha value is -2.93. The van der Waals surface area contributed by atoms with Crippen molar-refractivity contribution in [2.45, 2.75) is 51.0 Å². The third kappa shape index (κ3) is 5.05. The zero-order valence-electron chi connectivity index (χ0n) is 18.1. The molecule has 2 aliphatic rings. The third-order valence-electron chi connectivity index (χ3n) is 5.78. The number of hydrogen-bond donors (Lipinski definition) is 3. The number of rotatable bonds is 7. The van der Waals surface area contributed by atoms with Crippen molar-refractivity contribution in [3.63, 3.8) is 0 Å². The lowest BCUT2D eigenvalue weighted by atomic mass is 10.0. The Balaban J connectivity index is 1.37. The van der Waals surface area contributed by atoms with Crippen molar-refractivity contribution >= 4 is 5.82 Å². The number of likely N-dealkylation sites (tertiary alicyclic amines) is 1. The standard InChI is InChI=1S/C22H29N7O2/c1-14(2)29-7-6-17(13-29)31-16-4-5-18(20(8-16)30-3)19-9-21(28-27-19)26-22-12-24-15(10-23)11-25-22/h4-5,8,11-12,14,17,19,21,27-28H,6-7,9,13H2,1-3H3,(H,25,26)/t17-,19?,21?/m1/s1. The van der Waals surface area contributed by atoms with Gasteiger partial charge in [-0.3, -0.25) is 4.90 Å². The van der Waals surface area contributed by atoms with Crippen LogP contribution in [0.4, 0.5) is 5.82 Å². The second-order valence-electron chi connectivity index (χ2n) is 8.19. The number of methoxy groups -OCH3 is 1. The molecule has 0 amide bonds. The van der Waals surface area contributed by atoms with Gasteiger partial charge in [-0.2, -0.15) is 5.26 Å². The van der Waals surface area contributed by atoms with E-state index in [1.165, 1.54) is 6.20 Å². The fourth-order valence-corrected chi connectivity index (χ4v) is 4.06. The molecular weight excluding hydrogens is 394 g/mol. The summed E-state index contributed by atoms with van der Waals surface area (Å²) < 4.78 is 11.9. The zero-order chi connectivity index (χ0) is 21.8. The highest BCUT2D eigenvalue weighted by Crippen LogP contribution is 2.34. The van der Waals surface area contributed by atoms with Gasteiger partial charge in [-0.05, 0) is 26.3 Å². The largest absolute Gasteiger partial charge is 0.496 e. The summed E-state index contributed by atoms with van der Waals surface area (Å²) in [6.07, 6.45) is 5.02. The highest BCUT2D eigenvalue weighted by Gasteiger charge is 2.29. The number of benzene rings is 1. The first-order chi connectivity index (χ1) is 15.1. The lowest BCUT2D eigenvalue weighted by Crippen LogP contribution is -2.36. The average molecular weight is 424 g/mol. The normalized spacial score (nSPS) is 23.6. The molecule has 2 aromatic rings. The molecule has 164 valence electrons. The number of nitrogens with one attached hydrogen (secondary N) is 3. The summed E-state index contributed by atoms with van der Waals surface area (Å²) in [7, 11) is 1.68. The maximum Gasteiger partial charge on any atom is 0.158 e. The fraction of sp³-hybridized carbons (Fsp3) is 0.500. The molecule has 0 aliphatic carbocycles. The third-order valence-corrected chi connectivity index (χ3v) is 5.78. The Kier molecular flexibility index (Phi) is 6.51. The number of aromatic nitrogens is 2. The van der Waals surface area contributed by atoms with Crippen LogP contribution in [0.1, 0.15) is 44.0 Å². The molecule has 2 aliphatic heterocycles. The highest BCUT2D eigenvalue weighted by atomic mass is 16.5. The second kappa shape index (κ2) is 9.47. The van der Waals surface area contributed by atoms with E-state index in [1.807, 2.05) is 18.2 Å². The summed E-state index contributed by atoms with van der Waals surface area (Å²) in [5.41, 5.74) is 7.90. The summed E-state index contributed by atoms with van der Waals surface area (Å²) in [6, 6.07) is 8.63. The first kappa shape index (κ1) is 21.3. The Morgan fingerprint density at radius 1 is 1.26 bits per heavy atom. The summed E-state index contributed by atoms with van der Waals surface area (Å²) >= 11 is 0. The number of hydrazine groups is 1. The molecule has 2 saturated heterocycles. The first-order valence-corrected chi connectivity index (χ1v) is 10.6. The SMILES string of the molecule is COc1cc(O[C@@H]2CCN(C(C)C)C2)ccc1C1CC(Nc2cnc(C#N)cn2)NN1. The molecule has 1 aromatic heterocycles. The van der Waals surface area contributed by atoms with Gasteiger partial charge >= 0.3 is 0 Å². The zero-order valence-corrected chi connectivity index (χ0v) is 18.1. The van der Waals surface area contributed by atoms with Crippen molar-refractivity contribution in [2.24, 2.45) is 0 Å². The minimum absolute atomic E-state index is 0.0339. The predicted octanol–water partition coefficient (Wildman–Crippen LogP) is 2.20. The quantitative estimate of drug-likeness (QED) is 0.618. The van der Waals surface area contributed by atoms with Crippen LogP contribution in [0, 0.1) is 11.3 Å². The minimum Gasteiger partial charge on any atom is -0.496 e. The average Bonchev–Trinajstić information content (AvgIpc) is 3.44. The van der Waals surface area contributed by atoms with Crippen LogP contribution >= 0.6 is 0 Å². The van der Waals surface area contributed by atoms with E-state index in [9.17, 15) is 0 Å². The first-order valence-electron chi connectivity index (χ1n) is 10.6. The molecule has 3 N–H and O–H groups in total. The molecule has 2 unspecified atom stereocenters. The van der Waals surface area contributed by atoms with Crippen LogP contribution in [0.2, 0.25) is 0 Å². The minimum atomic E-state index is -0.0339. The molecule has 0 spiro atoms. The highest BCUT2D eigenvalue weighted by molar-refractivity contribution is 5.43.